The van der Waals surface area contributed by atoms with Gasteiger partial charge in [0.1, 0.15) is 11.4 Å². The van der Waals surface area contributed by atoms with E-state index in [1.165, 1.54) is 4.57 Å². The van der Waals surface area contributed by atoms with Gasteiger partial charge in [-0.3, -0.25) is 24.1 Å². The van der Waals surface area contributed by atoms with Gasteiger partial charge in [-0.1, -0.05) is 18.7 Å². The summed E-state index contributed by atoms with van der Waals surface area (Å²) in [5.41, 5.74) is 5.10. The highest BCUT2D eigenvalue weighted by Crippen LogP contribution is 2.22. The number of Topliss-reactive ketones (excluding diaryl/α,β-unsaturated/α-hetero) is 1. The van der Waals surface area contributed by atoms with Gasteiger partial charge in [0.15, 0.2) is 16.8 Å². The molecule has 10 nitrogen and oxygen atoms in total. The van der Waals surface area contributed by atoms with Crippen molar-refractivity contribution in [3.8, 4) is 11.4 Å². The SMILES string of the molecule is CCCn1c(N)c(C(=O)CSc2nnc(-c3cccnc3)n2C)c(=O)[nH]c1=O. The van der Waals surface area contributed by atoms with E-state index in [0.29, 0.717) is 23.9 Å². The molecular formula is C17H19N7O3S. The summed E-state index contributed by atoms with van der Waals surface area (Å²) in [6.45, 7) is 2.18. The maximum absolute atomic E-state index is 12.6. The van der Waals surface area contributed by atoms with E-state index in [1.54, 1.807) is 30.1 Å². The van der Waals surface area contributed by atoms with Crippen LogP contribution in [0.1, 0.15) is 23.7 Å². The van der Waals surface area contributed by atoms with Gasteiger partial charge in [0.2, 0.25) is 0 Å². The number of ketones is 1. The molecule has 11 heteroatoms. The fourth-order valence-electron chi connectivity index (χ4n) is 2.69. The molecule has 3 N–H and O–H groups in total. The molecule has 0 spiro atoms. The summed E-state index contributed by atoms with van der Waals surface area (Å²) in [4.78, 5) is 42.8. The molecule has 0 bridgehead atoms. The zero-order chi connectivity index (χ0) is 20.3. The van der Waals surface area contributed by atoms with Crippen molar-refractivity contribution < 1.29 is 4.79 Å². The first kappa shape index (κ1) is 19.5. The third-order valence-corrected chi connectivity index (χ3v) is 5.07. The first-order valence-electron chi connectivity index (χ1n) is 8.52. The van der Waals surface area contributed by atoms with Crippen LogP contribution in [0.25, 0.3) is 11.4 Å². The summed E-state index contributed by atoms with van der Waals surface area (Å²) < 4.78 is 2.93. The zero-order valence-electron chi connectivity index (χ0n) is 15.4. The summed E-state index contributed by atoms with van der Waals surface area (Å²) in [6, 6.07) is 3.65. The third kappa shape index (κ3) is 3.74. The van der Waals surface area contributed by atoms with Crippen LogP contribution in [0, 0.1) is 0 Å². The number of aromatic amines is 1. The standard InChI is InChI=1S/C17H19N7O3S/c1-3-7-24-13(18)12(15(26)20-16(24)27)11(25)9-28-17-22-21-14(23(17)2)10-5-4-6-19-8-10/h4-6,8H,3,7,9,18H2,1-2H3,(H,20,26,27). The summed E-state index contributed by atoms with van der Waals surface area (Å²) in [5.74, 6) is -0.0666. The number of carbonyl (C=O) groups is 1. The normalized spacial score (nSPS) is 10.9. The summed E-state index contributed by atoms with van der Waals surface area (Å²) >= 11 is 1.13. The summed E-state index contributed by atoms with van der Waals surface area (Å²) in [6.07, 6.45) is 3.96. The summed E-state index contributed by atoms with van der Waals surface area (Å²) in [5, 5.41) is 8.72. The number of hydrogen-bond acceptors (Lipinski definition) is 8. The van der Waals surface area contributed by atoms with Crippen LogP contribution < -0.4 is 17.0 Å². The van der Waals surface area contributed by atoms with Crippen molar-refractivity contribution >= 4 is 23.4 Å². The predicted molar refractivity (Wildman–Crippen MR) is 105 cm³/mol. The number of thioether (sulfide) groups is 1. The number of H-pyrrole nitrogens is 1. The van der Waals surface area contributed by atoms with Crippen molar-refractivity contribution in [2.45, 2.75) is 25.0 Å². The number of aromatic nitrogens is 6. The van der Waals surface area contributed by atoms with Crippen molar-refractivity contribution in [2.24, 2.45) is 7.05 Å². The second kappa shape index (κ2) is 8.21. The molecule has 0 aliphatic heterocycles. The van der Waals surface area contributed by atoms with E-state index in [4.69, 9.17) is 5.73 Å². The van der Waals surface area contributed by atoms with Gasteiger partial charge < -0.3 is 10.3 Å². The van der Waals surface area contributed by atoms with E-state index in [9.17, 15) is 14.4 Å². The molecule has 0 saturated heterocycles. The topological polar surface area (TPSA) is 142 Å². The molecule has 0 radical (unpaired) electrons. The Bertz CT molecular complexity index is 1120. The van der Waals surface area contributed by atoms with E-state index < -0.39 is 17.0 Å². The molecule has 3 aromatic rings. The lowest BCUT2D eigenvalue weighted by atomic mass is 10.2. The zero-order valence-corrected chi connectivity index (χ0v) is 16.2. The highest BCUT2D eigenvalue weighted by Gasteiger charge is 2.20. The Labute approximate surface area is 163 Å². The Morgan fingerprint density at radius 3 is 2.79 bits per heavy atom. The Morgan fingerprint density at radius 2 is 2.11 bits per heavy atom. The molecule has 0 unspecified atom stereocenters. The molecule has 0 atom stereocenters. The lowest BCUT2D eigenvalue weighted by molar-refractivity contribution is 0.102. The van der Waals surface area contributed by atoms with Gasteiger partial charge in [-0.05, 0) is 18.6 Å². The number of pyridine rings is 1. The Kier molecular flexibility index (Phi) is 5.73. The number of nitrogens with one attached hydrogen (secondary N) is 1. The lowest BCUT2D eigenvalue weighted by Gasteiger charge is -2.10. The molecule has 3 heterocycles. The highest BCUT2D eigenvalue weighted by molar-refractivity contribution is 7.99. The van der Waals surface area contributed by atoms with Gasteiger partial charge in [-0.25, -0.2) is 4.79 Å². The number of nitrogens with two attached hydrogens (primary N) is 1. The van der Waals surface area contributed by atoms with Gasteiger partial charge in [0, 0.05) is 31.5 Å². The molecule has 28 heavy (non-hydrogen) atoms. The largest absolute Gasteiger partial charge is 0.384 e. The van der Waals surface area contributed by atoms with Crippen LogP contribution in [-0.4, -0.2) is 40.8 Å². The van der Waals surface area contributed by atoms with Crippen LogP contribution in [-0.2, 0) is 13.6 Å². The van der Waals surface area contributed by atoms with Gasteiger partial charge in [-0.2, -0.15) is 0 Å². The molecule has 3 aromatic heterocycles. The number of nitrogen functional groups attached to an aromatic ring is 1. The minimum atomic E-state index is -0.783. The number of nitrogens with zero attached hydrogens (tertiary/aromatic N) is 5. The maximum Gasteiger partial charge on any atom is 0.329 e. The maximum atomic E-state index is 12.6. The quantitative estimate of drug-likeness (QED) is 0.435. The minimum Gasteiger partial charge on any atom is -0.384 e. The van der Waals surface area contributed by atoms with Gasteiger partial charge >= 0.3 is 5.69 Å². The molecule has 3 rings (SSSR count). The average Bonchev–Trinajstić information content (AvgIpc) is 3.04. The van der Waals surface area contributed by atoms with Gasteiger partial charge in [0.05, 0.1) is 5.75 Å². The van der Waals surface area contributed by atoms with E-state index in [1.807, 2.05) is 13.0 Å². The average molecular weight is 401 g/mol. The van der Waals surface area contributed by atoms with E-state index in [-0.39, 0.29) is 17.1 Å². The second-order valence-electron chi connectivity index (χ2n) is 5.99. The fraction of sp³-hybridized carbons (Fsp3) is 0.294. The molecule has 0 fully saturated rings. The van der Waals surface area contributed by atoms with Crippen LogP contribution in [0.4, 0.5) is 5.82 Å². The van der Waals surface area contributed by atoms with Crippen molar-refractivity contribution in [1.82, 2.24) is 29.3 Å². The predicted octanol–water partition coefficient (Wildman–Crippen LogP) is 0.694. The number of rotatable bonds is 7. The van der Waals surface area contributed by atoms with Crippen LogP contribution in [0.2, 0.25) is 0 Å². The first-order chi connectivity index (χ1) is 13.4. The Hall–Kier alpha value is -3.21. The smallest absolute Gasteiger partial charge is 0.329 e. The van der Waals surface area contributed by atoms with Crippen LogP contribution in [0.3, 0.4) is 0 Å². The number of anilines is 1. The summed E-state index contributed by atoms with van der Waals surface area (Å²) in [7, 11) is 1.78. The van der Waals surface area contributed by atoms with Crippen LogP contribution >= 0.6 is 11.8 Å². The Morgan fingerprint density at radius 1 is 1.32 bits per heavy atom. The fourth-order valence-corrected chi connectivity index (χ4v) is 3.48. The molecule has 146 valence electrons. The van der Waals surface area contributed by atoms with Gasteiger partial charge in [0.25, 0.3) is 5.56 Å². The van der Waals surface area contributed by atoms with Gasteiger partial charge in [-0.15, -0.1) is 10.2 Å². The molecule has 0 aliphatic carbocycles. The minimum absolute atomic E-state index is 0.0728. The van der Waals surface area contributed by atoms with Crippen LogP contribution in [0.15, 0.2) is 39.3 Å². The van der Waals surface area contributed by atoms with E-state index in [2.05, 4.69) is 20.2 Å². The Balaban J connectivity index is 1.82. The monoisotopic (exact) mass is 401 g/mol. The number of carbonyl (C=O) groups excluding carboxylic acids is 1. The van der Waals surface area contributed by atoms with Crippen LogP contribution in [0.5, 0.6) is 0 Å². The van der Waals surface area contributed by atoms with Crippen molar-refractivity contribution in [3.05, 3.63) is 50.9 Å². The van der Waals surface area contributed by atoms with E-state index >= 15 is 0 Å². The molecule has 0 amide bonds. The highest BCUT2D eigenvalue weighted by atomic mass is 32.2. The molecule has 0 aromatic carbocycles. The second-order valence-corrected chi connectivity index (χ2v) is 6.93. The van der Waals surface area contributed by atoms with Crippen molar-refractivity contribution in [2.75, 3.05) is 11.5 Å². The van der Waals surface area contributed by atoms with E-state index in [0.717, 1.165) is 17.3 Å². The van der Waals surface area contributed by atoms with Crippen molar-refractivity contribution in [1.29, 1.82) is 0 Å². The number of hydrogen-bond donors (Lipinski definition) is 2. The third-order valence-electron chi connectivity index (χ3n) is 4.05. The lowest BCUT2D eigenvalue weighted by Crippen LogP contribution is -2.36. The molecule has 0 aliphatic rings. The van der Waals surface area contributed by atoms with Crippen molar-refractivity contribution in [3.63, 3.8) is 0 Å². The molecule has 0 saturated carbocycles. The molecular weight excluding hydrogens is 382 g/mol. The first-order valence-corrected chi connectivity index (χ1v) is 9.51.